The lowest BCUT2D eigenvalue weighted by molar-refractivity contribution is 0.129. The number of hydrogen-bond donors (Lipinski definition) is 3. The van der Waals surface area contributed by atoms with Crippen molar-refractivity contribution in [2.24, 2.45) is 0 Å². The van der Waals surface area contributed by atoms with Gasteiger partial charge < -0.3 is 24.9 Å². The molecule has 6 nitrogen and oxygen atoms in total. The second-order valence-electron chi connectivity index (χ2n) is 6.37. The first-order chi connectivity index (χ1) is 12.1. The van der Waals surface area contributed by atoms with Gasteiger partial charge in [0.1, 0.15) is 17.6 Å². The fourth-order valence-corrected chi connectivity index (χ4v) is 3.09. The molecule has 0 fully saturated rings. The number of nitrogens with one attached hydrogen (secondary N) is 2. The molecule has 2 heterocycles. The lowest BCUT2D eigenvalue weighted by atomic mass is 10.0. The first-order valence-electron chi connectivity index (χ1n) is 8.63. The van der Waals surface area contributed by atoms with Crippen LogP contribution in [0.3, 0.4) is 0 Å². The molecule has 1 aromatic heterocycles. The Hall–Kier alpha value is -2.47. The summed E-state index contributed by atoms with van der Waals surface area (Å²) in [6, 6.07) is 10.7. The molecule has 0 bridgehead atoms. The number of amides is 2. The van der Waals surface area contributed by atoms with Gasteiger partial charge in [0.2, 0.25) is 0 Å². The molecular formula is C19H24N2O4. The third-order valence-electron chi connectivity index (χ3n) is 4.32. The number of aliphatic hydroxyl groups excluding tert-OH is 1. The number of rotatable bonds is 5. The van der Waals surface area contributed by atoms with Gasteiger partial charge in [0, 0.05) is 18.0 Å². The van der Waals surface area contributed by atoms with Crippen molar-refractivity contribution in [3.05, 3.63) is 54.0 Å². The van der Waals surface area contributed by atoms with E-state index in [9.17, 15) is 9.90 Å². The average Bonchev–Trinajstić information content (AvgIpc) is 3.05. The second-order valence-corrected chi connectivity index (χ2v) is 6.37. The predicted octanol–water partition coefficient (Wildman–Crippen LogP) is 3.30. The molecule has 1 aliphatic rings. The highest BCUT2D eigenvalue weighted by atomic mass is 16.5. The average molecular weight is 344 g/mol. The molecule has 134 valence electrons. The van der Waals surface area contributed by atoms with E-state index < -0.39 is 6.10 Å². The van der Waals surface area contributed by atoms with Crippen LogP contribution in [0, 0.1) is 0 Å². The Bertz CT molecular complexity index is 686. The standard InChI is InChI=1S/C19H24N2O4/c1-13(12-16(22)18-9-5-11-25-18)20-19(23)21-15-7-4-10-24-17-8-3-2-6-14(15)17/h2-3,5-6,8-9,11,13,15-16,22H,4,7,10,12H2,1H3,(H2,20,21,23)/t13-,15+,16+/m1/s1. The summed E-state index contributed by atoms with van der Waals surface area (Å²) >= 11 is 0. The highest BCUT2D eigenvalue weighted by Crippen LogP contribution is 2.31. The number of carbonyl (C=O) groups excluding carboxylic acids is 1. The highest BCUT2D eigenvalue weighted by Gasteiger charge is 2.22. The number of urea groups is 1. The Morgan fingerprint density at radius 3 is 2.96 bits per heavy atom. The third kappa shape index (κ3) is 4.54. The van der Waals surface area contributed by atoms with Crippen molar-refractivity contribution in [2.45, 2.75) is 44.4 Å². The Labute approximate surface area is 147 Å². The summed E-state index contributed by atoms with van der Waals surface area (Å²) in [5.74, 6) is 1.33. The van der Waals surface area contributed by atoms with Crippen molar-refractivity contribution in [3.8, 4) is 5.75 Å². The molecule has 0 saturated heterocycles. The third-order valence-corrected chi connectivity index (χ3v) is 4.32. The molecule has 0 spiro atoms. The van der Waals surface area contributed by atoms with Gasteiger partial charge in [0.05, 0.1) is 18.9 Å². The molecule has 3 atom stereocenters. The smallest absolute Gasteiger partial charge is 0.315 e. The summed E-state index contributed by atoms with van der Waals surface area (Å²) < 4.78 is 10.9. The fraction of sp³-hybridized carbons (Fsp3) is 0.421. The van der Waals surface area contributed by atoms with Gasteiger partial charge in [-0.15, -0.1) is 0 Å². The molecule has 0 unspecified atom stereocenters. The molecule has 0 aliphatic carbocycles. The van der Waals surface area contributed by atoms with Crippen LogP contribution in [0.15, 0.2) is 47.1 Å². The first-order valence-corrected chi connectivity index (χ1v) is 8.63. The van der Waals surface area contributed by atoms with Gasteiger partial charge in [0.15, 0.2) is 0 Å². The molecular weight excluding hydrogens is 320 g/mol. The number of hydrogen-bond acceptors (Lipinski definition) is 4. The number of carbonyl (C=O) groups is 1. The van der Waals surface area contributed by atoms with Crippen LogP contribution < -0.4 is 15.4 Å². The lowest BCUT2D eigenvalue weighted by Gasteiger charge is -2.21. The van der Waals surface area contributed by atoms with Gasteiger partial charge in [0.25, 0.3) is 0 Å². The maximum Gasteiger partial charge on any atom is 0.315 e. The normalized spacial score (nSPS) is 19.0. The second kappa shape index (κ2) is 8.07. The molecule has 0 saturated carbocycles. The van der Waals surface area contributed by atoms with E-state index in [0.717, 1.165) is 24.2 Å². The van der Waals surface area contributed by atoms with E-state index in [0.29, 0.717) is 18.8 Å². The van der Waals surface area contributed by atoms with Crippen molar-refractivity contribution < 1.29 is 19.1 Å². The number of ether oxygens (including phenoxy) is 1. The summed E-state index contributed by atoms with van der Waals surface area (Å²) in [5, 5.41) is 16.0. The van der Waals surface area contributed by atoms with E-state index in [1.807, 2.05) is 31.2 Å². The molecule has 1 aliphatic heterocycles. The van der Waals surface area contributed by atoms with Crippen LogP contribution in [-0.4, -0.2) is 23.8 Å². The molecule has 2 amide bonds. The largest absolute Gasteiger partial charge is 0.493 e. The molecule has 3 N–H and O–H groups in total. The maximum absolute atomic E-state index is 12.3. The lowest BCUT2D eigenvalue weighted by Crippen LogP contribution is -2.42. The minimum atomic E-state index is -0.739. The van der Waals surface area contributed by atoms with Gasteiger partial charge in [-0.05, 0) is 38.0 Å². The van der Waals surface area contributed by atoms with Crippen molar-refractivity contribution in [1.29, 1.82) is 0 Å². The predicted molar refractivity (Wildman–Crippen MR) is 93.3 cm³/mol. The van der Waals surface area contributed by atoms with Gasteiger partial charge in [-0.2, -0.15) is 0 Å². The maximum atomic E-state index is 12.3. The number of para-hydroxylation sites is 1. The molecule has 0 radical (unpaired) electrons. The van der Waals surface area contributed by atoms with E-state index in [4.69, 9.17) is 9.15 Å². The zero-order valence-corrected chi connectivity index (χ0v) is 14.3. The van der Waals surface area contributed by atoms with E-state index >= 15 is 0 Å². The summed E-state index contributed by atoms with van der Waals surface area (Å²) in [7, 11) is 0. The van der Waals surface area contributed by atoms with Gasteiger partial charge in [-0.25, -0.2) is 4.79 Å². The number of furan rings is 1. The zero-order chi connectivity index (χ0) is 17.6. The van der Waals surface area contributed by atoms with E-state index in [-0.39, 0.29) is 18.1 Å². The quantitative estimate of drug-likeness (QED) is 0.777. The van der Waals surface area contributed by atoms with Gasteiger partial charge >= 0.3 is 6.03 Å². The monoisotopic (exact) mass is 344 g/mol. The Kier molecular flexibility index (Phi) is 5.60. The molecule has 25 heavy (non-hydrogen) atoms. The minimum Gasteiger partial charge on any atom is -0.493 e. The molecule has 6 heteroatoms. The topological polar surface area (TPSA) is 83.7 Å². The minimum absolute atomic E-state index is 0.0825. The summed E-state index contributed by atoms with van der Waals surface area (Å²) in [5.41, 5.74) is 0.999. The van der Waals surface area contributed by atoms with Gasteiger partial charge in [-0.3, -0.25) is 0 Å². The van der Waals surface area contributed by atoms with Crippen molar-refractivity contribution in [3.63, 3.8) is 0 Å². The van der Waals surface area contributed by atoms with Crippen LogP contribution >= 0.6 is 0 Å². The molecule has 1 aromatic carbocycles. The van der Waals surface area contributed by atoms with E-state index in [1.165, 1.54) is 6.26 Å². The van der Waals surface area contributed by atoms with E-state index in [1.54, 1.807) is 12.1 Å². The van der Waals surface area contributed by atoms with Crippen LogP contribution in [0.25, 0.3) is 0 Å². The zero-order valence-electron chi connectivity index (χ0n) is 14.3. The molecule has 3 rings (SSSR count). The van der Waals surface area contributed by atoms with Crippen LogP contribution in [0.5, 0.6) is 5.75 Å². The van der Waals surface area contributed by atoms with Gasteiger partial charge in [-0.1, -0.05) is 18.2 Å². The summed E-state index contributed by atoms with van der Waals surface area (Å²) in [4.78, 5) is 12.3. The van der Waals surface area contributed by atoms with Crippen molar-refractivity contribution >= 4 is 6.03 Å². The summed E-state index contributed by atoms with van der Waals surface area (Å²) in [6.45, 7) is 2.51. The van der Waals surface area contributed by atoms with Crippen LogP contribution in [0.1, 0.15) is 49.7 Å². The Morgan fingerprint density at radius 1 is 1.32 bits per heavy atom. The van der Waals surface area contributed by atoms with Crippen molar-refractivity contribution in [2.75, 3.05) is 6.61 Å². The first kappa shape index (κ1) is 17.4. The van der Waals surface area contributed by atoms with Crippen LogP contribution in [0.4, 0.5) is 4.79 Å². The Balaban J connectivity index is 1.55. The fourth-order valence-electron chi connectivity index (χ4n) is 3.09. The Morgan fingerprint density at radius 2 is 2.16 bits per heavy atom. The van der Waals surface area contributed by atoms with E-state index in [2.05, 4.69) is 10.6 Å². The highest BCUT2D eigenvalue weighted by molar-refractivity contribution is 5.75. The number of aliphatic hydroxyl groups is 1. The number of fused-ring (bicyclic) bond motifs is 1. The number of benzene rings is 1. The van der Waals surface area contributed by atoms with Crippen molar-refractivity contribution in [1.82, 2.24) is 10.6 Å². The molecule has 2 aromatic rings. The summed E-state index contributed by atoms with van der Waals surface area (Å²) in [6.07, 6.45) is 2.87. The SMILES string of the molecule is C[C@H](C[C@H](O)c1ccco1)NC(=O)N[C@H]1CCCOc2ccccc21. The van der Waals surface area contributed by atoms with Crippen LogP contribution in [0.2, 0.25) is 0 Å². The van der Waals surface area contributed by atoms with Crippen LogP contribution in [-0.2, 0) is 0 Å².